The normalized spacial score (nSPS) is 14.0. The fraction of sp³-hybridized carbons (Fsp3) is 0.625. The maximum atomic E-state index is 13.3. The minimum atomic E-state index is -0.989. The first-order valence-electron chi connectivity index (χ1n) is 11.4. The van der Waals surface area contributed by atoms with Crippen LogP contribution in [0.4, 0.5) is 4.79 Å². The molecule has 10 nitrogen and oxygen atoms in total. The summed E-state index contributed by atoms with van der Waals surface area (Å²) in [5, 5.41) is 16.7. The maximum absolute atomic E-state index is 13.3. The Balaban J connectivity index is 3.13. The highest BCUT2D eigenvalue weighted by molar-refractivity contribution is 5.86. The van der Waals surface area contributed by atoms with Crippen molar-refractivity contribution in [1.29, 1.82) is 0 Å². The molecule has 0 unspecified atom stereocenters. The third-order valence-electron chi connectivity index (χ3n) is 4.94. The molecule has 1 rings (SSSR count). The van der Waals surface area contributed by atoms with Crippen LogP contribution in [0.1, 0.15) is 53.5 Å². The van der Waals surface area contributed by atoms with Crippen LogP contribution in [0.2, 0.25) is 0 Å². The molecule has 0 saturated heterocycles. The average Bonchev–Trinajstić information content (AvgIpc) is 2.69. The number of rotatable bonds is 12. The number of amides is 2. The quantitative estimate of drug-likeness (QED) is 0.267. The summed E-state index contributed by atoms with van der Waals surface area (Å²) < 4.78 is 10.3. The predicted molar refractivity (Wildman–Crippen MR) is 127 cm³/mol. The van der Waals surface area contributed by atoms with Crippen LogP contribution in [-0.4, -0.2) is 53.7 Å². The Morgan fingerprint density at radius 1 is 1.09 bits per heavy atom. The smallest absolute Gasteiger partial charge is 0.408 e. The van der Waals surface area contributed by atoms with Crippen molar-refractivity contribution in [3.05, 3.63) is 46.0 Å². The maximum Gasteiger partial charge on any atom is 0.408 e. The van der Waals surface area contributed by atoms with Crippen LogP contribution in [0.15, 0.2) is 30.3 Å². The lowest BCUT2D eigenvalue weighted by Gasteiger charge is -2.30. The van der Waals surface area contributed by atoms with E-state index in [2.05, 4.69) is 10.6 Å². The molecule has 10 heteroatoms. The van der Waals surface area contributed by atoms with Gasteiger partial charge in [0.2, 0.25) is 12.5 Å². The molecule has 0 fully saturated rings. The Hall–Kier alpha value is -3.17. The highest BCUT2D eigenvalue weighted by Crippen LogP contribution is 2.19. The molecule has 0 radical (unpaired) electrons. The number of hydrogen-bond donors (Lipinski definition) is 2. The molecule has 0 spiro atoms. The van der Waals surface area contributed by atoms with Gasteiger partial charge in [-0.25, -0.2) is 4.79 Å². The first-order chi connectivity index (χ1) is 15.8. The van der Waals surface area contributed by atoms with Crippen molar-refractivity contribution < 1.29 is 28.8 Å². The SMILES string of the molecule is CCOC(=O)C[C@H](C[N+](=O)[O-])[C@@H](NC(=O)[C@H](Cc1ccccc1)NC(=O)OC(C)(C)C)C(C)C. The van der Waals surface area contributed by atoms with Gasteiger partial charge in [0.05, 0.1) is 18.9 Å². The van der Waals surface area contributed by atoms with Crippen molar-refractivity contribution in [2.75, 3.05) is 13.2 Å². The number of nitrogens with one attached hydrogen (secondary N) is 2. The lowest BCUT2D eigenvalue weighted by atomic mass is 9.87. The number of ether oxygens (including phenoxy) is 2. The van der Waals surface area contributed by atoms with Crippen LogP contribution in [0, 0.1) is 22.0 Å². The van der Waals surface area contributed by atoms with Crippen LogP contribution in [0.3, 0.4) is 0 Å². The molecule has 190 valence electrons. The summed E-state index contributed by atoms with van der Waals surface area (Å²) in [5.74, 6) is -2.09. The van der Waals surface area contributed by atoms with Crippen LogP contribution in [0.25, 0.3) is 0 Å². The standard InChI is InChI=1S/C24H37N3O7/c1-7-33-20(28)14-18(15-27(31)32)21(16(2)3)26-22(29)19(13-17-11-9-8-10-12-17)25-23(30)34-24(4,5)6/h8-12,16,18-19,21H,7,13-15H2,1-6H3,(H,25,30)(H,26,29)/t18-,19+,21+/m1/s1. The highest BCUT2D eigenvalue weighted by atomic mass is 16.6. The van der Waals surface area contributed by atoms with E-state index < -0.39 is 53.0 Å². The van der Waals surface area contributed by atoms with E-state index in [4.69, 9.17) is 9.47 Å². The van der Waals surface area contributed by atoms with E-state index in [1.165, 1.54) is 0 Å². The summed E-state index contributed by atoms with van der Waals surface area (Å²) in [4.78, 5) is 48.6. The van der Waals surface area contributed by atoms with Crippen molar-refractivity contribution in [3.63, 3.8) is 0 Å². The fourth-order valence-corrected chi connectivity index (χ4v) is 3.53. The Morgan fingerprint density at radius 3 is 2.21 bits per heavy atom. The number of nitrogens with zero attached hydrogens (tertiary/aromatic N) is 1. The molecule has 0 aliphatic heterocycles. The van der Waals surface area contributed by atoms with Gasteiger partial charge in [-0.1, -0.05) is 44.2 Å². The van der Waals surface area contributed by atoms with Crippen molar-refractivity contribution in [3.8, 4) is 0 Å². The van der Waals surface area contributed by atoms with Gasteiger partial charge in [-0.3, -0.25) is 19.7 Å². The van der Waals surface area contributed by atoms with E-state index in [0.717, 1.165) is 5.56 Å². The van der Waals surface area contributed by atoms with Gasteiger partial charge in [0, 0.05) is 17.4 Å². The van der Waals surface area contributed by atoms with Crippen molar-refractivity contribution in [2.45, 2.75) is 72.1 Å². The van der Waals surface area contributed by atoms with Crippen molar-refractivity contribution in [2.24, 2.45) is 11.8 Å². The van der Waals surface area contributed by atoms with Crippen LogP contribution in [-0.2, 0) is 25.5 Å². The van der Waals surface area contributed by atoms with Gasteiger partial charge in [0.1, 0.15) is 11.6 Å². The van der Waals surface area contributed by atoms with E-state index in [0.29, 0.717) is 0 Å². The Morgan fingerprint density at radius 2 is 1.71 bits per heavy atom. The number of benzene rings is 1. The summed E-state index contributed by atoms with van der Waals surface area (Å²) in [6.07, 6.45) is -0.770. The molecule has 0 aromatic heterocycles. The molecule has 34 heavy (non-hydrogen) atoms. The second kappa shape index (κ2) is 13.5. The third kappa shape index (κ3) is 11.1. The van der Waals surface area contributed by atoms with E-state index >= 15 is 0 Å². The second-order valence-electron chi connectivity index (χ2n) is 9.45. The van der Waals surface area contributed by atoms with Gasteiger partial charge >= 0.3 is 12.1 Å². The van der Waals surface area contributed by atoms with Gasteiger partial charge < -0.3 is 20.1 Å². The number of alkyl carbamates (subject to hydrolysis) is 1. The van der Waals surface area contributed by atoms with E-state index in [1.807, 2.05) is 30.3 Å². The zero-order valence-corrected chi connectivity index (χ0v) is 20.8. The van der Waals surface area contributed by atoms with Gasteiger partial charge in [0.25, 0.3) is 0 Å². The first-order valence-corrected chi connectivity index (χ1v) is 11.4. The molecule has 1 aromatic carbocycles. The topological polar surface area (TPSA) is 137 Å². The van der Waals surface area contributed by atoms with Gasteiger partial charge in [0.15, 0.2) is 0 Å². The summed E-state index contributed by atoms with van der Waals surface area (Å²) in [6.45, 7) is 10.0. The number of hydrogen-bond acceptors (Lipinski definition) is 7. The summed E-state index contributed by atoms with van der Waals surface area (Å²) in [7, 11) is 0. The van der Waals surface area contributed by atoms with Crippen molar-refractivity contribution >= 4 is 18.0 Å². The average molecular weight is 480 g/mol. The van der Waals surface area contributed by atoms with E-state index in [9.17, 15) is 24.5 Å². The summed E-state index contributed by atoms with van der Waals surface area (Å²) >= 11 is 0. The van der Waals surface area contributed by atoms with Gasteiger partial charge in [-0.15, -0.1) is 0 Å². The number of carbonyl (C=O) groups excluding carboxylic acids is 3. The Bertz CT molecular complexity index is 822. The third-order valence-corrected chi connectivity index (χ3v) is 4.94. The van der Waals surface area contributed by atoms with E-state index in [-0.39, 0.29) is 25.4 Å². The minimum absolute atomic E-state index is 0.154. The number of esters is 1. The highest BCUT2D eigenvalue weighted by Gasteiger charge is 2.35. The monoisotopic (exact) mass is 479 g/mol. The molecule has 2 N–H and O–H groups in total. The van der Waals surface area contributed by atoms with Crippen LogP contribution < -0.4 is 10.6 Å². The Labute approximate surface area is 200 Å². The molecule has 3 atom stereocenters. The zero-order valence-electron chi connectivity index (χ0n) is 20.8. The molecule has 2 amide bonds. The molecule has 0 saturated carbocycles. The molecule has 1 aromatic rings. The fourth-order valence-electron chi connectivity index (χ4n) is 3.53. The lowest BCUT2D eigenvalue weighted by Crippen LogP contribution is -2.55. The van der Waals surface area contributed by atoms with Crippen LogP contribution >= 0.6 is 0 Å². The van der Waals surface area contributed by atoms with Gasteiger partial charge in [-0.05, 0) is 39.2 Å². The zero-order chi connectivity index (χ0) is 25.9. The van der Waals surface area contributed by atoms with Crippen molar-refractivity contribution in [1.82, 2.24) is 10.6 Å². The number of carbonyl (C=O) groups is 3. The molecule has 0 aliphatic rings. The predicted octanol–water partition coefficient (Wildman–Crippen LogP) is 3.11. The molecular formula is C24H37N3O7. The lowest BCUT2D eigenvalue weighted by molar-refractivity contribution is -0.489. The first kappa shape index (κ1) is 28.9. The van der Waals surface area contributed by atoms with E-state index in [1.54, 1.807) is 41.5 Å². The number of nitro groups is 1. The molecule has 0 heterocycles. The minimum Gasteiger partial charge on any atom is -0.466 e. The van der Waals surface area contributed by atoms with Crippen LogP contribution in [0.5, 0.6) is 0 Å². The molecule has 0 bridgehead atoms. The second-order valence-corrected chi connectivity index (χ2v) is 9.45. The summed E-state index contributed by atoms with van der Waals surface area (Å²) in [5.41, 5.74) is 0.0579. The molecule has 0 aliphatic carbocycles. The largest absolute Gasteiger partial charge is 0.466 e. The molecular weight excluding hydrogens is 442 g/mol. The Kier molecular flexibility index (Phi) is 11.5. The van der Waals surface area contributed by atoms with Gasteiger partial charge in [-0.2, -0.15) is 0 Å². The summed E-state index contributed by atoms with van der Waals surface area (Å²) in [6, 6.07) is 7.45.